The van der Waals surface area contributed by atoms with Crippen molar-refractivity contribution >= 4 is 28.9 Å². The summed E-state index contributed by atoms with van der Waals surface area (Å²) in [7, 11) is 1.88. The highest BCUT2D eigenvalue weighted by molar-refractivity contribution is 5.91. The van der Waals surface area contributed by atoms with Gasteiger partial charge in [-0.2, -0.15) is 0 Å². The van der Waals surface area contributed by atoms with E-state index in [1.807, 2.05) is 72.6 Å². The van der Waals surface area contributed by atoms with Gasteiger partial charge < -0.3 is 14.8 Å². The summed E-state index contributed by atoms with van der Waals surface area (Å²) in [6.07, 6.45) is 9.13. The Morgan fingerprint density at radius 1 is 1.00 bits per heavy atom. The van der Waals surface area contributed by atoms with Gasteiger partial charge in [-0.3, -0.25) is 9.59 Å². The van der Waals surface area contributed by atoms with E-state index in [1.165, 1.54) is 0 Å². The van der Waals surface area contributed by atoms with Crippen LogP contribution in [0.15, 0.2) is 60.7 Å². The molecule has 0 fully saturated rings. The van der Waals surface area contributed by atoms with Crippen molar-refractivity contribution in [2.24, 2.45) is 0 Å². The number of imidazole rings is 1. The second-order valence-electron chi connectivity index (χ2n) is 8.62. The molecule has 34 heavy (non-hydrogen) atoms. The molecule has 0 saturated carbocycles. The van der Waals surface area contributed by atoms with Gasteiger partial charge in [-0.05, 0) is 43.0 Å². The highest BCUT2D eigenvalue weighted by Gasteiger charge is 2.15. The number of para-hydroxylation sites is 2. The van der Waals surface area contributed by atoms with Crippen molar-refractivity contribution in [1.29, 1.82) is 0 Å². The molecule has 1 N–H and O–H groups in total. The van der Waals surface area contributed by atoms with E-state index in [2.05, 4.69) is 16.8 Å². The molecule has 180 valence electrons. The number of benzene rings is 2. The van der Waals surface area contributed by atoms with Crippen LogP contribution in [-0.2, 0) is 22.6 Å². The zero-order valence-electron chi connectivity index (χ0n) is 20.4. The molecule has 0 aliphatic heterocycles. The lowest BCUT2D eigenvalue weighted by atomic mass is 10.2. The maximum absolute atomic E-state index is 12.8. The van der Waals surface area contributed by atoms with Crippen molar-refractivity contribution < 1.29 is 9.59 Å². The minimum atomic E-state index is -0.0728. The van der Waals surface area contributed by atoms with Gasteiger partial charge in [0.25, 0.3) is 0 Å². The summed E-state index contributed by atoms with van der Waals surface area (Å²) in [6, 6.07) is 17.8. The second kappa shape index (κ2) is 13.3. The monoisotopic (exact) mass is 460 g/mol. The maximum atomic E-state index is 12.8. The Morgan fingerprint density at radius 2 is 1.76 bits per heavy atom. The second-order valence-corrected chi connectivity index (χ2v) is 8.62. The molecule has 3 aromatic rings. The number of rotatable bonds is 13. The fourth-order valence-electron chi connectivity index (χ4n) is 3.86. The number of carbonyl (C=O) groups excluding carboxylic acids is 2. The van der Waals surface area contributed by atoms with Crippen molar-refractivity contribution in [1.82, 2.24) is 19.8 Å². The van der Waals surface area contributed by atoms with Crippen LogP contribution in [0, 0.1) is 0 Å². The summed E-state index contributed by atoms with van der Waals surface area (Å²) in [5, 5.41) is 2.94. The van der Waals surface area contributed by atoms with E-state index in [4.69, 9.17) is 4.98 Å². The van der Waals surface area contributed by atoms with Gasteiger partial charge in [0.1, 0.15) is 12.4 Å². The van der Waals surface area contributed by atoms with E-state index in [-0.39, 0.29) is 11.8 Å². The molecule has 6 heteroatoms. The molecule has 6 nitrogen and oxygen atoms in total. The minimum Gasteiger partial charge on any atom is -0.353 e. The quantitative estimate of drug-likeness (QED) is 0.293. The molecule has 0 aliphatic rings. The summed E-state index contributed by atoms with van der Waals surface area (Å²) in [5.41, 5.74) is 2.95. The van der Waals surface area contributed by atoms with Crippen LogP contribution in [0.2, 0.25) is 0 Å². The van der Waals surface area contributed by atoms with E-state index in [0.717, 1.165) is 67.5 Å². The third kappa shape index (κ3) is 7.58. The standard InChI is InChI=1S/C28H36N4O2/c1-3-4-21-31(2)28(34)22-32-25-16-11-10-15-24(25)30-26(32)17-9-6-12-20-29-27(33)19-18-23-13-7-5-8-14-23/h5,7-8,10-11,13-16,18-19H,3-4,6,9,12,17,20-22H2,1-2H3,(H,29,33)/b19-18+. The topological polar surface area (TPSA) is 67.2 Å². The van der Waals surface area contributed by atoms with E-state index in [0.29, 0.717) is 13.1 Å². The predicted octanol–water partition coefficient (Wildman–Crippen LogP) is 4.84. The third-order valence-corrected chi connectivity index (χ3v) is 5.90. The number of unbranched alkanes of at least 4 members (excludes halogenated alkanes) is 3. The molecule has 0 aliphatic carbocycles. The number of amides is 2. The van der Waals surface area contributed by atoms with Crippen LogP contribution in [0.25, 0.3) is 17.1 Å². The van der Waals surface area contributed by atoms with Crippen LogP contribution >= 0.6 is 0 Å². The van der Waals surface area contributed by atoms with Gasteiger partial charge in [-0.15, -0.1) is 0 Å². The number of hydrogen-bond acceptors (Lipinski definition) is 3. The predicted molar refractivity (Wildman–Crippen MR) is 138 cm³/mol. The highest BCUT2D eigenvalue weighted by Crippen LogP contribution is 2.18. The van der Waals surface area contributed by atoms with Gasteiger partial charge in [0, 0.05) is 32.6 Å². The SMILES string of the molecule is CCCCN(C)C(=O)Cn1c(CCCCCNC(=O)/C=C/c2ccccc2)nc2ccccc21. The van der Waals surface area contributed by atoms with E-state index < -0.39 is 0 Å². The number of aromatic nitrogens is 2. The summed E-state index contributed by atoms with van der Waals surface area (Å²) in [6.45, 7) is 3.88. The molecule has 1 aromatic heterocycles. The average Bonchev–Trinajstić information content (AvgIpc) is 3.21. The van der Waals surface area contributed by atoms with Gasteiger partial charge in [-0.25, -0.2) is 4.98 Å². The summed E-state index contributed by atoms with van der Waals surface area (Å²) in [5.74, 6) is 0.994. The zero-order valence-corrected chi connectivity index (χ0v) is 20.4. The minimum absolute atomic E-state index is 0.0728. The van der Waals surface area contributed by atoms with Crippen LogP contribution in [0.5, 0.6) is 0 Å². The Labute approximate surface area is 202 Å². The van der Waals surface area contributed by atoms with Gasteiger partial charge in [0.15, 0.2) is 0 Å². The third-order valence-electron chi connectivity index (χ3n) is 5.90. The molecule has 3 rings (SSSR count). The molecule has 0 saturated heterocycles. The lowest BCUT2D eigenvalue weighted by molar-refractivity contribution is -0.130. The van der Waals surface area contributed by atoms with Gasteiger partial charge in [0.05, 0.1) is 11.0 Å². The summed E-state index contributed by atoms with van der Waals surface area (Å²) >= 11 is 0. The van der Waals surface area contributed by atoms with Crippen LogP contribution in [0.4, 0.5) is 0 Å². The smallest absolute Gasteiger partial charge is 0.243 e. The number of hydrogen-bond donors (Lipinski definition) is 1. The van der Waals surface area contributed by atoms with Crippen molar-refractivity contribution in [2.75, 3.05) is 20.1 Å². The van der Waals surface area contributed by atoms with E-state index in [1.54, 1.807) is 6.08 Å². The molecule has 0 spiro atoms. The first kappa shape index (κ1) is 25.2. The molecule has 2 aromatic carbocycles. The molecular formula is C28H36N4O2. The van der Waals surface area contributed by atoms with Crippen molar-refractivity contribution in [2.45, 2.75) is 52.0 Å². The number of likely N-dealkylation sites (N-methyl/N-ethyl adjacent to an activating group) is 1. The fraction of sp³-hybridized carbons (Fsp3) is 0.393. The molecule has 2 amide bonds. The Balaban J connectivity index is 1.47. The molecule has 0 bridgehead atoms. The normalized spacial score (nSPS) is 11.2. The molecule has 0 unspecified atom stereocenters. The Hall–Kier alpha value is -3.41. The first-order chi connectivity index (χ1) is 16.6. The van der Waals surface area contributed by atoms with E-state index >= 15 is 0 Å². The lowest BCUT2D eigenvalue weighted by Crippen LogP contribution is -2.31. The molecule has 1 heterocycles. The average molecular weight is 461 g/mol. The van der Waals surface area contributed by atoms with Gasteiger partial charge in [0.2, 0.25) is 11.8 Å². The number of nitrogens with one attached hydrogen (secondary N) is 1. The Morgan fingerprint density at radius 3 is 2.56 bits per heavy atom. The van der Waals surface area contributed by atoms with E-state index in [9.17, 15) is 9.59 Å². The maximum Gasteiger partial charge on any atom is 0.243 e. The molecular weight excluding hydrogens is 424 g/mol. The summed E-state index contributed by atoms with van der Waals surface area (Å²) in [4.78, 5) is 31.4. The zero-order chi connectivity index (χ0) is 24.2. The highest BCUT2D eigenvalue weighted by atomic mass is 16.2. The Bertz CT molecular complexity index is 1090. The number of carbonyl (C=O) groups is 2. The first-order valence-electron chi connectivity index (χ1n) is 12.3. The summed E-state index contributed by atoms with van der Waals surface area (Å²) < 4.78 is 2.07. The molecule has 0 radical (unpaired) electrons. The fourth-order valence-corrected chi connectivity index (χ4v) is 3.86. The number of nitrogens with zero attached hydrogens (tertiary/aromatic N) is 3. The van der Waals surface area contributed by atoms with Crippen molar-refractivity contribution in [3.63, 3.8) is 0 Å². The lowest BCUT2D eigenvalue weighted by Gasteiger charge is -2.18. The van der Waals surface area contributed by atoms with Crippen molar-refractivity contribution in [3.8, 4) is 0 Å². The van der Waals surface area contributed by atoms with Gasteiger partial charge in [-0.1, -0.05) is 62.2 Å². The van der Waals surface area contributed by atoms with Crippen LogP contribution in [0.1, 0.15) is 50.4 Å². The van der Waals surface area contributed by atoms with Crippen molar-refractivity contribution in [3.05, 3.63) is 72.1 Å². The van der Waals surface area contributed by atoms with Crippen LogP contribution < -0.4 is 5.32 Å². The van der Waals surface area contributed by atoms with Crippen LogP contribution in [-0.4, -0.2) is 46.4 Å². The number of aryl methyl sites for hydroxylation is 1. The van der Waals surface area contributed by atoms with Crippen LogP contribution in [0.3, 0.4) is 0 Å². The molecule has 0 atom stereocenters. The largest absolute Gasteiger partial charge is 0.353 e. The van der Waals surface area contributed by atoms with Gasteiger partial charge >= 0.3 is 0 Å². The number of fused-ring (bicyclic) bond motifs is 1. The first-order valence-corrected chi connectivity index (χ1v) is 12.3. The Kier molecular flexibility index (Phi) is 9.89.